The van der Waals surface area contributed by atoms with E-state index in [0.717, 1.165) is 0 Å². The van der Waals surface area contributed by atoms with Gasteiger partial charge in [0.25, 0.3) is 0 Å². The molecule has 0 nitrogen and oxygen atoms in total. The molecule has 0 fully saturated rings. The molecular formula is C14H30Si2. The maximum Gasteiger partial charge on any atom is 0.129 e. The molecule has 0 rings (SSSR count). The summed E-state index contributed by atoms with van der Waals surface area (Å²) in [7, 11) is -2.27. The third-order valence-electron chi connectivity index (χ3n) is 2.76. The minimum atomic E-state index is -1.19. The van der Waals surface area contributed by atoms with E-state index in [9.17, 15) is 0 Å². The Kier molecular flexibility index (Phi) is 6.66. The summed E-state index contributed by atoms with van der Waals surface area (Å²) in [5.41, 5.74) is 4.29. The standard InChI is InChI=1S/C14H30Si2/c1-8-9-10-11-14(16(5,6)7)12-13-15(2,3)4/h14H,8-11H2,1-7H3. The highest BCUT2D eigenvalue weighted by Crippen LogP contribution is 2.27. The van der Waals surface area contributed by atoms with E-state index in [0.29, 0.717) is 5.54 Å². The van der Waals surface area contributed by atoms with E-state index >= 15 is 0 Å². The summed E-state index contributed by atoms with van der Waals surface area (Å²) in [6.07, 6.45) is 5.39. The summed E-state index contributed by atoms with van der Waals surface area (Å²) in [4.78, 5) is 0. The zero-order valence-corrected chi connectivity index (χ0v) is 14.4. The van der Waals surface area contributed by atoms with Crippen LogP contribution in [0.4, 0.5) is 0 Å². The summed E-state index contributed by atoms with van der Waals surface area (Å²) >= 11 is 0. The van der Waals surface area contributed by atoms with E-state index in [4.69, 9.17) is 0 Å². The lowest BCUT2D eigenvalue weighted by atomic mass is 10.1. The SMILES string of the molecule is CCCCCC(C#C[Si](C)(C)C)[Si](C)(C)C. The molecule has 0 aliphatic heterocycles. The van der Waals surface area contributed by atoms with E-state index < -0.39 is 16.1 Å². The monoisotopic (exact) mass is 254 g/mol. The zero-order valence-electron chi connectivity index (χ0n) is 12.4. The van der Waals surface area contributed by atoms with Crippen molar-refractivity contribution >= 4 is 16.1 Å². The molecule has 0 aromatic heterocycles. The Balaban J connectivity index is 4.49. The normalized spacial score (nSPS) is 14.2. The minimum absolute atomic E-state index is 0.714. The lowest BCUT2D eigenvalue weighted by molar-refractivity contribution is 0.671. The van der Waals surface area contributed by atoms with Gasteiger partial charge in [-0.1, -0.05) is 65.5 Å². The highest BCUT2D eigenvalue weighted by atomic mass is 28.3. The van der Waals surface area contributed by atoms with Gasteiger partial charge < -0.3 is 0 Å². The van der Waals surface area contributed by atoms with Crippen LogP contribution >= 0.6 is 0 Å². The highest BCUT2D eigenvalue weighted by molar-refractivity contribution is 6.84. The molecule has 0 radical (unpaired) electrons. The third kappa shape index (κ3) is 8.18. The van der Waals surface area contributed by atoms with Gasteiger partial charge in [0.1, 0.15) is 8.07 Å². The van der Waals surface area contributed by atoms with E-state index in [1.165, 1.54) is 25.7 Å². The van der Waals surface area contributed by atoms with Crippen molar-refractivity contribution in [1.29, 1.82) is 0 Å². The first-order valence-electron chi connectivity index (χ1n) is 6.69. The van der Waals surface area contributed by atoms with Crippen LogP contribution in [0, 0.1) is 11.5 Å². The third-order valence-corrected chi connectivity index (χ3v) is 6.18. The molecule has 0 aromatic carbocycles. The van der Waals surface area contributed by atoms with Gasteiger partial charge in [0, 0.05) is 5.54 Å². The molecule has 0 heterocycles. The Morgan fingerprint density at radius 1 is 0.938 bits per heavy atom. The molecule has 0 aliphatic rings. The Labute approximate surface area is 105 Å². The molecule has 0 aromatic rings. The molecule has 0 bridgehead atoms. The van der Waals surface area contributed by atoms with Gasteiger partial charge in [-0.2, -0.15) is 0 Å². The number of unbranched alkanes of at least 4 members (excludes halogenated alkanes) is 2. The molecule has 16 heavy (non-hydrogen) atoms. The van der Waals surface area contributed by atoms with Crippen molar-refractivity contribution in [2.75, 3.05) is 0 Å². The van der Waals surface area contributed by atoms with Gasteiger partial charge in [0.2, 0.25) is 0 Å². The molecule has 0 spiro atoms. The molecule has 0 saturated carbocycles. The minimum Gasteiger partial charge on any atom is -0.132 e. The Morgan fingerprint density at radius 2 is 1.50 bits per heavy atom. The lowest BCUT2D eigenvalue weighted by Crippen LogP contribution is -2.28. The molecule has 94 valence electrons. The van der Waals surface area contributed by atoms with Crippen LogP contribution in [0.1, 0.15) is 32.6 Å². The molecule has 0 saturated heterocycles. The Bertz CT molecular complexity index is 245. The average molecular weight is 255 g/mol. The summed E-state index contributed by atoms with van der Waals surface area (Å²) < 4.78 is 0. The van der Waals surface area contributed by atoms with Crippen molar-refractivity contribution in [2.24, 2.45) is 0 Å². The molecule has 0 aliphatic carbocycles. The second-order valence-corrected chi connectivity index (χ2v) is 17.1. The van der Waals surface area contributed by atoms with Crippen molar-refractivity contribution in [3.05, 3.63) is 0 Å². The topological polar surface area (TPSA) is 0 Å². The number of hydrogen-bond donors (Lipinski definition) is 0. The van der Waals surface area contributed by atoms with Crippen LogP contribution in [0.2, 0.25) is 44.8 Å². The van der Waals surface area contributed by atoms with Gasteiger partial charge in [-0.05, 0) is 6.42 Å². The zero-order chi connectivity index (χ0) is 12.8. The van der Waals surface area contributed by atoms with Crippen LogP contribution < -0.4 is 0 Å². The van der Waals surface area contributed by atoms with Crippen LogP contribution in [0.3, 0.4) is 0 Å². The second-order valence-electron chi connectivity index (χ2n) is 6.93. The molecular weight excluding hydrogens is 224 g/mol. The molecule has 1 unspecified atom stereocenters. The van der Waals surface area contributed by atoms with Gasteiger partial charge >= 0.3 is 0 Å². The van der Waals surface area contributed by atoms with Crippen molar-refractivity contribution in [3.8, 4) is 11.5 Å². The van der Waals surface area contributed by atoms with Crippen LogP contribution in [0.15, 0.2) is 0 Å². The maximum atomic E-state index is 3.63. The predicted octanol–water partition coefficient (Wildman–Crippen LogP) is 5.16. The summed E-state index contributed by atoms with van der Waals surface area (Å²) in [5, 5.41) is 0. The van der Waals surface area contributed by atoms with Crippen LogP contribution in [-0.2, 0) is 0 Å². The van der Waals surface area contributed by atoms with E-state index in [1.54, 1.807) is 0 Å². The largest absolute Gasteiger partial charge is 0.132 e. The summed E-state index contributed by atoms with van der Waals surface area (Å²) in [5.74, 6) is 3.63. The predicted molar refractivity (Wildman–Crippen MR) is 82.4 cm³/mol. The van der Waals surface area contributed by atoms with Crippen molar-refractivity contribution in [3.63, 3.8) is 0 Å². The van der Waals surface area contributed by atoms with Gasteiger partial charge in [0.05, 0.1) is 8.07 Å². The first kappa shape index (κ1) is 16.0. The maximum absolute atomic E-state index is 3.63. The van der Waals surface area contributed by atoms with Crippen LogP contribution in [-0.4, -0.2) is 16.1 Å². The average Bonchev–Trinajstić information content (AvgIpc) is 2.07. The summed E-state index contributed by atoms with van der Waals surface area (Å²) in [6.45, 7) is 16.7. The Morgan fingerprint density at radius 3 is 1.88 bits per heavy atom. The first-order chi connectivity index (χ1) is 7.17. The molecule has 0 amide bonds. The molecule has 0 N–H and O–H groups in total. The highest BCUT2D eigenvalue weighted by Gasteiger charge is 2.24. The number of hydrogen-bond acceptors (Lipinski definition) is 0. The fourth-order valence-corrected chi connectivity index (χ4v) is 3.95. The van der Waals surface area contributed by atoms with Gasteiger partial charge in [-0.25, -0.2) is 0 Å². The first-order valence-corrected chi connectivity index (χ1v) is 13.8. The fraction of sp³-hybridized carbons (Fsp3) is 0.857. The van der Waals surface area contributed by atoms with Gasteiger partial charge in [-0.3, -0.25) is 0 Å². The second kappa shape index (κ2) is 6.66. The smallest absolute Gasteiger partial charge is 0.129 e. The van der Waals surface area contributed by atoms with Crippen molar-refractivity contribution in [1.82, 2.24) is 0 Å². The lowest BCUT2D eigenvalue weighted by Gasteiger charge is -2.24. The van der Waals surface area contributed by atoms with E-state index in [1.807, 2.05) is 0 Å². The fourth-order valence-electron chi connectivity index (χ4n) is 1.62. The summed E-state index contributed by atoms with van der Waals surface area (Å²) in [6, 6.07) is 0. The van der Waals surface area contributed by atoms with Crippen LogP contribution in [0.5, 0.6) is 0 Å². The van der Waals surface area contributed by atoms with Gasteiger partial charge in [0.15, 0.2) is 0 Å². The quantitative estimate of drug-likeness (QED) is 0.361. The van der Waals surface area contributed by atoms with Gasteiger partial charge in [-0.15, -0.1) is 11.5 Å². The van der Waals surface area contributed by atoms with E-state index in [-0.39, 0.29) is 0 Å². The number of rotatable bonds is 5. The van der Waals surface area contributed by atoms with Crippen molar-refractivity contribution < 1.29 is 0 Å². The van der Waals surface area contributed by atoms with Crippen LogP contribution in [0.25, 0.3) is 0 Å². The Hall–Kier alpha value is -0.00623. The van der Waals surface area contributed by atoms with E-state index in [2.05, 4.69) is 57.7 Å². The van der Waals surface area contributed by atoms with Crippen molar-refractivity contribution in [2.45, 2.75) is 77.4 Å². The molecule has 1 atom stereocenters. The molecule has 2 heteroatoms.